The first-order chi connectivity index (χ1) is 16.3. The normalized spacial score (nSPS) is 11.6. The molecule has 9 heteroatoms. The Morgan fingerprint density at radius 1 is 0.971 bits per heavy atom. The highest BCUT2D eigenvalue weighted by molar-refractivity contribution is 8.00. The van der Waals surface area contributed by atoms with Gasteiger partial charge in [0.15, 0.2) is 5.82 Å². The zero-order valence-corrected chi connectivity index (χ0v) is 18.8. The van der Waals surface area contributed by atoms with Crippen LogP contribution in [0.5, 0.6) is 0 Å². The van der Waals surface area contributed by atoms with Crippen LogP contribution >= 0.6 is 11.8 Å². The van der Waals surface area contributed by atoms with Crippen molar-refractivity contribution in [3.63, 3.8) is 0 Å². The van der Waals surface area contributed by atoms with Gasteiger partial charge in [-0.3, -0.25) is 4.79 Å². The second-order valence-electron chi connectivity index (χ2n) is 7.41. The number of halogens is 4. The van der Waals surface area contributed by atoms with E-state index in [1.807, 2.05) is 25.1 Å². The molecule has 0 aliphatic heterocycles. The number of fused-ring (bicyclic) bond motifs is 1. The summed E-state index contributed by atoms with van der Waals surface area (Å²) in [7, 11) is 0. The highest BCUT2D eigenvalue weighted by Gasteiger charge is 2.33. The van der Waals surface area contributed by atoms with Crippen LogP contribution in [-0.4, -0.2) is 21.6 Å². The molecule has 1 amide bonds. The number of carbonyl (C=O) groups is 1. The number of amides is 1. The van der Waals surface area contributed by atoms with E-state index in [-0.39, 0.29) is 17.3 Å². The molecule has 1 heterocycles. The minimum atomic E-state index is -4.58. The Kier molecular flexibility index (Phi) is 6.83. The summed E-state index contributed by atoms with van der Waals surface area (Å²) in [5.41, 5.74) is 1.10. The van der Waals surface area contributed by atoms with Gasteiger partial charge in [0.1, 0.15) is 10.8 Å². The molecule has 3 aromatic carbocycles. The van der Waals surface area contributed by atoms with Gasteiger partial charge in [-0.05, 0) is 48.4 Å². The number of para-hydroxylation sites is 2. The zero-order valence-electron chi connectivity index (χ0n) is 18.0. The quantitative estimate of drug-likeness (QED) is 0.187. The second-order valence-corrected chi connectivity index (χ2v) is 8.37. The number of aromatic nitrogens is 2. The molecule has 0 saturated heterocycles. The molecule has 4 rings (SSSR count). The van der Waals surface area contributed by atoms with Crippen LogP contribution in [0.4, 0.5) is 23.2 Å². The molecule has 0 radical (unpaired) electrons. The molecule has 0 spiro atoms. The molecular formula is C25H19F4N3OS. The Labute approximate surface area is 197 Å². The molecule has 1 aromatic heterocycles. The van der Waals surface area contributed by atoms with Crippen molar-refractivity contribution in [1.82, 2.24) is 9.97 Å². The number of alkyl halides is 3. The third-order valence-electron chi connectivity index (χ3n) is 5.11. The summed E-state index contributed by atoms with van der Waals surface area (Å²) in [6, 6.07) is 16.2. The van der Waals surface area contributed by atoms with Crippen molar-refractivity contribution in [2.24, 2.45) is 0 Å². The molecule has 1 N–H and O–H groups in total. The van der Waals surface area contributed by atoms with Crippen molar-refractivity contribution in [2.45, 2.75) is 24.5 Å². The maximum atomic E-state index is 13.4. The highest BCUT2D eigenvalue weighted by atomic mass is 32.2. The molecule has 0 bridgehead atoms. The number of anilines is 1. The number of nitrogens with one attached hydrogen (secondary N) is 1. The monoisotopic (exact) mass is 485 g/mol. The molecule has 4 aromatic rings. The Balaban J connectivity index is 1.64. The Morgan fingerprint density at radius 3 is 2.41 bits per heavy atom. The predicted octanol–water partition coefficient (Wildman–Crippen LogP) is 6.75. The minimum absolute atomic E-state index is 0.155. The lowest BCUT2D eigenvalue weighted by Crippen LogP contribution is -2.18. The van der Waals surface area contributed by atoms with Gasteiger partial charge < -0.3 is 5.32 Å². The van der Waals surface area contributed by atoms with E-state index >= 15 is 0 Å². The first-order valence-corrected chi connectivity index (χ1v) is 11.4. The predicted molar refractivity (Wildman–Crippen MR) is 125 cm³/mol. The minimum Gasteiger partial charge on any atom is -0.325 e. The summed E-state index contributed by atoms with van der Waals surface area (Å²) in [6.07, 6.45) is -3.86. The van der Waals surface area contributed by atoms with Crippen LogP contribution in [0.3, 0.4) is 0 Å². The maximum Gasteiger partial charge on any atom is 0.418 e. The fourth-order valence-corrected chi connectivity index (χ4v) is 4.28. The van der Waals surface area contributed by atoms with E-state index in [1.54, 1.807) is 12.1 Å². The number of hydrogen-bond acceptors (Lipinski definition) is 4. The summed E-state index contributed by atoms with van der Waals surface area (Å²) in [5, 5.41) is 3.59. The van der Waals surface area contributed by atoms with E-state index < -0.39 is 17.6 Å². The Hall–Kier alpha value is -3.46. The molecule has 174 valence electrons. The Morgan fingerprint density at radius 2 is 1.71 bits per heavy atom. The number of aryl methyl sites for hydroxylation is 1. The molecule has 0 fully saturated rings. The second kappa shape index (κ2) is 9.80. The zero-order chi connectivity index (χ0) is 24.3. The van der Waals surface area contributed by atoms with Crippen LogP contribution in [0.15, 0.2) is 71.8 Å². The van der Waals surface area contributed by atoms with Crippen molar-refractivity contribution in [3.8, 4) is 11.4 Å². The van der Waals surface area contributed by atoms with E-state index in [4.69, 9.17) is 0 Å². The molecule has 0 aliphatic carbocycles. The molecule has 0 atom stereocenters. The number of carbonyl (C=O) groups excluding carboxylic acids is 1. The van der Waals surface area contributed by atoms with Gasteiger partial charge in [-0.1, -0.05) is 49.0 Å². The van der Waals surface area contributed by atoms with Gasteiger partial charge in [0.25, 0.3) is 0 Å². The number of rotatable bonds is 6. The van der Waals surface area contributed by atoms with E-state index in [0.717, 1.165) is 35.2 Å². The molecule has 0 saturated carbocycles. The summed E-state index contributed by atoms with van der Waals surface area (Å²) in [4.78, 5) is 21.8. The average molecular weight is 486 g/mol. The molecular weight excluding hydrogens is 466 g/mol. The van der Waals surface area contributed by atoms with E-state index in [2.05, 4.69) is 15.3 Å². The largest absolute Gasteiger partial charge is 0.418 e. The average Bonchev–Trinajstić information content (AvgIpc) is 2.82. The van der Waals surface area contributed by atoms with Crippen LogP contribution in [-0.2, 0) is 17.4 Å². The smallest absolute Gasteiger partial charge is 0.325 e. The standard InChI is InChI=1S/C25H19F4N3OS/c1-2-15-6-5-7-18-22(15)31-23(16-10-12-17(26)13-11-16)32-24(18)34-14-21(33)30-20-9-4-3-8-19(20)25(27,28)29/h3-13H,2,14H2,1H3,(H,30,33). The van der Waals surface area contributed by atoms with Crippen molar-refractivity contribution >= 4 is 34.3 Å². The lowest BCUT2D eigenvalue weighted by Gasteiger charge is -2.14. The van der Waals surface area contributed by atoms with Gasteiger partial charge in [-0.15, -0.1) is 0 Å². The van der Waals surface area contributed by atoms with Crippen molar-refractivity contribution in [2.75, 3.05) is 11.1 Å². The summed E-state index contributed by atoms with van der Waals surface area (Å²) >= 11 is 1.10. The van der Waals surface area contributed by atoms with Crippen LogP contribution in [0, 0.1) is 5.82 Å². The van der Waals surface area contributed by atoms with Crippen LogP contribution in [0.1, 0.15) is 18.1 Å². The number of nitrogens with zero attached hydrogens (tertiary/aromatic N) is 2. The Bertz CT molecular complexity index is 1340. The molecule has 0 aliphatic rings. The van der Waals surface area contributed by atoms with Gasteiger partial charge in [0.05, 0.1) is 22.5 Å². The van der Waals surface area contributed by atoms with E-state index in [1.165, 1.54) is 30.3 Å². The molecule has 4 nitrogen and oxygen atoms in total. The third kappa shape index (κ3) is 5.20. The van der Waals surface area contributed by atoms with E-state index in [9.17, 15) is 22.4 Å². The van der Waals surface area contributed by atoms with Crippen molar-refractivity contribution in [3.05, 3.63) is 83.7 Å². The maximum absolute atomic E-state index is 13.4. The van der Waals surface area contributed by atoms with Gasteiger partial charge in [-0.2, -0.15) is 13.2 Å². The highest BCUT2D eigenvalue weighted by Crippen LogP contribution is 2.35. The molecule has 34 heavy (non-hydrogen) atoms. The van der Waals surface area contributed by atoms with Gasteiger partial charge in [0, 0.05) is 10.9 Å². The fraction of sp³-hybridized carbons (Fsp3) is 0.160. The van der Waals surface area contributed by atoms with E-state index in [0.29, 0.717) is 21.9 Å². The van der Waals surface area contributed by atoms with Crippen LogP contribution in [0.2, 0.25) is 0 Å². The summed E-state index contributed by atoms with van der Waals surface area (Å²) in [5.74, 6) is -0.760. The number of hydrogen-bond donors (Lipinski definition) is 1. The topological polar surface area (TPSA) is 54.9 Å². The van der Waals surface area contributed by atoms with Crippen LogP contribution in [0.25, 0.3) is 22.3 Å². The number of thioether (sulfide) groups is 1. The first-order valence-electron chi connectivity index (χ1n) is 10.4. The lowest BCUT2D eigenvalue weighted by atomic mass is 10.1. The fourth-order valence-electron chi connectivity index (χ4n) is 3.47. The SMILES string of the molecule is CCc1cccc2c(SCC(=O)Nc3ccccc3C(F)(F)F)nc(-c3ccc(F)cc3)nc12. The number of benzene rings is 3. The molecule has 0 unspecified atom stereocenters. The summed E-state index contributed by atoms with van der Waals surface area (Å²) in [6.45, 7) is 1.99. The summed E-state index contributed by atoms with van der Waals surface area (Å²) < 4.78 is 53.1. The lowest BCUT2D eigenvalue weighted by molar-refractivity contribution is -0.137. The van der Waals surface area contributed by atoms with Crippen molar-refractivity contribution < 1.29 is 22.4 Å². The third-order valence-corrected chi connectivity index (χ3v) is 6.10. The van der Waals surface area contributed by atoms with Crippen LogP contribution < -0.4 is 5.32 Å². The van der Waals surface area contributed by atoms with Crippen molar-refractivity contribution in [1.29, 1.82) is 0 Å². The van der Waals surface area contributed by atoms with Gasteiger partial charge in [0.2, 0.25) is 5.91 Å². The first kappa shape index (κ1) is 23.7. The van der Waals surface area contributed by atoms with Gasteiger partial charge >= 0.3 is 6.18 Å². The van der Waals surface area contributed by atoms with Gasteiger partial charge in [-0.25, -0.2) is 14.4 Å².